The van der Waals surface area contributed by atoms with Crippen LogP contribution in [-0.4, -0.2) is 34.0 Å². The number of carboxylic acid groups (broad SMARTS) is 1. The van der Waals surface area contributed by atoms with Crippen molar-refractivity contribution in [3.8, 4) is 0 Å². The average Bonchev–Trinajstić information content (AvgIpc) is 2.49. The number of nitrogens with zero attached hydrogens (tertiary/aromatic N) is 2. The van der Waals surface area contributed by atoms with Crippen LogP contribution in [0.4, 0.5) is 0 Å². The lowest BCUT2D eigenvalue weighted by molar-refractivity contribution is -0.138. The minimum Gasteiger partial charge on any atom is -0.481 e. The summed E-state index contributed by atoms with van der Waals surface area (Å²) in [6.07, 6.45) is 6.11. The van der Waals surface area contributed by atoms with Gasteiger partial charge in [0.25, 0.3) is 0 Å². The molecule has 1 aliphatic heterocycles. The molecule has 0 atom stereocenters. The summed E-state index contributed by atoms with van der Waals surface area (Å²) in [5.74, 6) is -0.337. The molecule has 0 unspecified atom stereocenters. The van der Waals surface area contributed by atoms with Gasteiger partial charge in [-0.25, -0.2) is 0 Å². The van der Waals surface area contributed by atoms with Gasteiger partial charge in [-0.1, -0.05) is 24.3 Å². The molecule has 1 fully saturated rings. The Morgan fingerprint density at radius 1 is 1.24 bits per heavy atom. The first kappa shape index (κ1) is 14.0. The monoisotopic (exact) mass is 284 g/mol. The van der Waals surface area contributed by atoms with Gasteiger partial charge in [0.1, 0.15) is 0 Å². The highest BCUT2D eigenvalue weighted by Crippen LogP contribution is 2.24. The van der Waals surface area contributed by atoms with E-state index in [1.165, 1.54) is 16.3 Å². The van der Waals surface area contributed by atoms with Crippen LogP contribution in [0.25, 0.3) is 10.8 Å². The van der Waals surface area contributed by atoms with Crippen LogP contribution < -0.4 is 0 Å². The van der Waals surface area contributed by atoms with Gasteiger partial charge in [0.05, 0.1) is 0 Å². The van der Waals surface area contributed by atoms with Crippen molar-refractivity contribution in [1.82, 2.24) is 9.88 Å². The molecule has 1 aromatic heterocycles. The Kier molecular flexibility index (Phi) is 4.15. The number of carboxylic acids is 1. The molecule has 1 aromatic carbocycles. The van der Waals surface area contributed by atoms with Crippen LogP contribution in [0.3, 0.4) is 0 Å². The molecule has 3 rings (SSSR count). The zero-order valence-electron chi connectivity index (χ0n) is 12.0. The van der Waals surface area contributed by atoms with E-state index in [-0.39, 0.29) is 0 Å². The number of piperidine rings is 1. The van der Waals surface area contributed by atoms with Crippen molar-refractivity contribution in [2.24, 2.45) is 5.92 Å². The number of carbonyl (C=O) groups is 1. The summed E-state index contributed by atoms with van der Waals surface area (Å²) >= 11 is 0. The van der Waals surface area contributed by atoms with Crippen LogP contribution in [0.5, 0.6) is 0 Å². The first-order valence-corrected chi connectivity index (χ1v) is 7.48. The Morgan fingerprint density at radius 3 is 2.76 bits per heavy atom. The number of likely N-dealkylation sites (tertiary alicyclic amines) is 1. The van der Waals surface area contributed by atoms with Crippen LogP contribution in [-0.2, 0) is 11.3 Å². The van der Waals surface area contributed by atoms with Crippen LogP contribution in [0.15, 0.2) is 36.7 Å². The molecule has 2 heterocycles. The molecule has 21 heavy (non-hydrogen) atoms. The second kappa shape index (κ2) is 6.22. The Bertz CT molecular complexity index is 628. The minimum absolute atomic E-state index is 0.309. The molecular weight excluding hydrogens is 264 g/mol. The van der Waals surface area contributed by atoms with Crippen LogP contribution in [0, 0.1) is 5.92 Å². The molecule has 1 aliphatic rings. The molecule has 0 amide bonds. The van der Waals surface area contributed by atoms with Gasteiger partial charge in [-0.15, -0.1) is 0 Å². The highest BCUT2D eigenvalue weighted by atomic mass is 16.4. The van der Waals surface area contributed by atoms with E-state index >= 15 is 0 Å². The van der Waals surface area contributed by atoms with Crippen molar-refractivity contribution in [2.75, 3.05) is 13.1 Å². The third-order valence-corrected chi connectivity index (χ3v) is 4.32. The maximum absolute atomic E-state index is 10.8. The summed E-state index contributed by atoms with van der Waals surface area (Å²) in [4.78, 5) is 17.5. The number of benzene rings is 1. The van der Waals surface area contributed by atoms with Gasteiger partial charge >= 0.3 is 5.97 Å². The number of hydrogen-bond acceptors (Lipinski definition) is 3. The van der Waals surface area contributed by atoms with Gasteiger partial charge in [0.2, 0.25) is 0 Å². The molecule has 110 valence electrons. The first-order valence-electron chi connectivity index (χ1n) is 7.48. The fraction of sp³-hybridized carbons (Fsp3) is 0.412. The predicted octanol–water partition coefficient (Wildman–Crippen LogP) is 2.92. The second-order valence-corrected chi connectivity index (χ2v) is 5.84. The molecule has 0 spiro atoms. The maximum Gasteiger partial charge on any atom is 0.303 e. The fourth-order valence-corrected chi connectivity index (χ4v) is 3.14. The van der Waals surface area contributed by atoms with Crippen molar-refractivity contribution < 1.29 is 9.90 Å². The highest BCUT2D eigenvalue weighted by Gasteiger charge is 2.21. The molecule has 1 N–H and O–H groups in total. The Labute approximate surface area is 124 Å². The molecular formula is C17H20N2O2. The first-order chi connectivity index (χ1) is 10.2. The van der Waals surface area contributed by atoms with Crippen molar-refractivity contribution in [2.45, 2.75) is 25.8 Å². The third-order valence-electron chi connectivity index (χ3n) is 4.32. The summed E-state index contributed by atoms with van der Waals surface area (Å²) < 4.78 is 0. The van der Waals surface area contributed by atoms with E-state index in [1.807, 2.05) is 18.5 Å². The molecule has 2 aromatic rings. The van der Waals surface area contributed by atoms with E-state index in [0.717, 1.165) is 32.5 Å². The zero-order valence-corrected chi connectivity index (χ0v) is 12.0. The molecule has 0 radical (unpaired) electrons. The third kappa shape index (κ3) is 3.39. The molecule has 0 aliphatic carbocycles. The van der Waals surface area contributed by atoms with Gasteiger partial charge in [-0.3, -0.25) is 14.7 Å². The second-order valence-electron chi connectivity index (χ2n) is 5.84. The Hall–Kier alpha value is -1.94. The lowest BCUT2D eigenvalue weighted by Gasteiger charge is -2.31. The summed E-state index contributed by atoms with van der Waals surface area (Å²) in [6, 6.07) is 8.32. The Balaban J connectivity index is 1.66. The molecule has 1 saturated heterocycles. The topological polar surface area (TPSA) is 53.4 Å². The quantitative estimate of drug-likeness (QED) is 0.938. The van der Waals surface area contributed by atoms with E-state index in [9.17, 15) is 4.79 Å². The van der Waals surface area contributed by atoms with E-state index in [4.69, 9.17) is 5.11 Å². The summed E-state index contributed by atoms with van der Waals surface area (Å²) in [5.41, 5.74) is 1.25. The standard InChI is InChI=1S/C17H20N2O2/c20-17(21)9-13-5-7-19(8-6-13)12-15-11-18-10-14-3-1-2-4-16(14)15/h1-4,10-11,13H,5-9,12H2,(H,20,21). The lowest BCUT2D eigenvalue weighted by atomic mass is 9.93. The van der Waals surface area contributed by atoms with Crippen LogP contribution in [0.1, 0.15) is 24.8 Å². The summed E-state index contributed by atoms with van der Waals surface area (Å²) in [6.45, 7) is 2.84. The number of fused-ring (bicyclic) bond motifs is 1. The molecule has 0 saturated carbocycles. The zero-order chi connectivity index (χ0) is 14.7. The van der Waals surface area contributed by atoms with Gasteiger partial charge in [0.15, 0.2) is 0 Å². The van der Waals surface area contributed by atoms with E-state index in [1.54, 1.807) is 0 Å². The summed E-state index contributed by atoms with van der Waals surface area (Å²) in [7, 11) is 0. The molecule has 4 heteroatoms. The predicted molar refractivity (Wildman–Crippen MR) is 82.0 cm³/mol. The maximum atomic E-state index is 10.8. The van der Waals surface area contributed by atoms with Crippen molar-refractivity contribution in [1.29, 1.82) is 0 Å². The Morgan fingerprint density at radius 2 is 2.00 bits per heavy atom. The number of hydrogen-bond donors (Lipinski definition) is 1. The highest BCUT2D eigenvalue weighted by molar-refractivity contribution is 5.84. The van der Waals surface area contributed by atoms with Crippen molar-refractivity contribution in [3.63, 3.8) is 0 Å². The van der Waals surface area contributed by atoms with Crippen molar-refractivity contribution in [3.05, 3.63) is 42.2 Å². The number of rotatable bonds is 4. The van der Waals surface area contributed by atoms with Gasteiger partial charge < -0.3 is 5.11 Å². The smallest absolute Gasteiger partial charge is 0.303 e. The normalized spacial score (nSPS) is 17.1. The van der Waals surface area contributed by atoms with Gasteiger partial charge in [0, 0.05) is 30.7 Å². The largest absolute Gasteiger partial charge is 0.481 e. The van der Waals surface area contributed by atoms with Crippen LogP contribution in [0.2, 0.25) is 0 Å². The lowest BCUT2D eigenvalue weighted by Crippen LogP contribution is -2.34. The SMILES string of the molecule is O=C(O)CC1CCN(Cc2cncc3ccccc23)CC1. The van der Waals surface area contributed by atoms with Gasteiger partial charge in [-0.05, 0) is 42.8 Å². The van der Waals surface area contributed by atoms with Crippen molar-refractivity contribution >= 4 is 16.7 Å². The fourth-order valence-electron chi connectivity index (χ4n) is 3.14. The molecule has 4 nitrogen and oxygen atoms in total. The van der Waals surface area contributed by atoms with E-state index < -0.39 is 5.97 Å². The number of aliphatic carboxylic acids is 1. The number of aromatic nitrogens is 1. The van der Waals surface area contributed by atoms with Crippen LogP contribution >= 0.6 is 0 Å². The van der Waals surface area contributed by atoms with E-state index in [0.29, 0.717) is 12.3 Å². The summed E-state index contributed by atoms with van der Waals surface area (Å²) in [5, 5.41) is 11.3. The minimum atomic E-state index is -0.674. The van der Waals surface area contributed by atoms with Gasteiger partial charge in [-0.2, -0.15) is 0 Å². The van der Waals surface area contributed by atoms with E-state index in [2.05, 4.69) is 28.1 Å². The molecule has 0 bridgehead atoms. The average molecular weight is 284 g/mol. The number of pyridine rings is 1.